The lowest BCUT2D eigenvalue weighted by atomic mass is 9.83. The molecule has 0 aromatic rings. The molecular formula is C12H24N2O. The minimum atomic E-state index is 0.0199. The van der Waals surface area contributed by atoms with Gasteiger partial charge in [0.05, 0.1) is 0 Å². The maximum Gasteiger partial charge on any atom is 0.0494 e. The Morgan fingerprint density at radius 2 is 2.00 bits per heavy atom. The minimum Gasteiger partial charge on any atom is -0.396 e. The zero-order valence-electron chi connectivity index (χ0n) is 10.00. The second kappa shape index (κ2) is 4.40. The average molecular weight is 212 g/mol. The molecule has 0 aromatic carbocycles. The van der Waals surface area contributed by atoms with Crippen molar-refractivity contribution in [2.45, 2.75) is 32.7 Å². The predicted octanol–water partition coefficient (Wildman–Crippen LogP) is 0.689. The Bertz CT molecular complexity index is 210. The van der Waals surface area contributed by atoms with Gasteiger partial charge in [-0.2, -0.15) is 0 Å². The highest BCUT2D eigenvalue weighted by Gasteiger charge is 2.34. The average Bonchev–Trinajstić information content (AvgIpc) is 2.28. The summed E-state index contributed by atoms with van der Waals surface area (Å²) in [5.41, 5.74) is 0.0199. The van der Waals surface area contributed by atoms with Crippen LogP contribution in [0.5, 0.6) is 0 Å². The Morgan fingerprint density at radius 3 is 2.47 bits per heavy atom. The highest BCUT2D eigenvalue weighted by atomic mass is 16.3. The Balaban J connectivity index is 1.80. The Morgan fingerprint density at radius 1 is 1.33 bits per heavy atom. The van der Waals surface area contributed by atoms with Crippen LogP contribution in [0.4, 0.5) is 0 Å². The smallest absolute Gasteiger partial charge is 0.0494 e. The van der Waals surface area contributed by atoms with Gasteiger partial charge in [-0.05, 0) is 31.8 Å². The van der Waals surface area contributed by atoms with Crippen molar-refractivity contribution in [3.05, 3.63) is 0 Å². The van der Waals surface area contributed by atoms with E-state index in [1.165, 1.54) is 32.5 Å². The quantitative estimate of drug-likeness (QED) is 0.719. The van der Waals surface area contributed by atoms with Gasteiger partial charge in [0.25, 0.3) is 0 Å². The van der Waals surface area contributed by atoms with Crippen LogP contribution in [0, 0.1) is 11.3 Å². The van der Waals surface area contributed by atoms with Crippen LogP contribution < -0.4 is 5.32 Å². The molecule has 3 aliphatic heterocycles. The Labute approximate surface area is 92.8 Å². The summed E-state index contributed by atoms with van der Waals surface area (Å²) < 4.78 is 0. The number of piperidine rings is 3. The number of hydrogen-bond donors (Lipinski definition) is 2. The summed E-state index contributed by atoms with van der Waals surface area (Å²) in [6.07, 6.45) is 2.72. The molecule has 3 heteroatoms. The van der Waals surface area contributed by atoms with E-state index >= 15 is 0 Å². The fourth-order valence-corrected chi connectivity index (χ4v) is 2.66. The molecule has 2 bridgehead atoms. The predicted molar refractivity (Wildman–Crippen MR) is 61.8 cm³/mol. The summed E-state index contributed by atoms with van der Waals surface area (Å²) in [6.45, 7) is 9.23. The first-order valence-electron chi connectivity index (χ1n) is 6.17. The monoisotopic (exact) mass is 212 g/mol. The molecule has 3 fully saturated rings. The van der Waals surface area contributed by atoms with E-state index in [2.05, 4.69) is 24.1 Å². The fourth-order valence-electron chi connectivity index (χ4n) is 2.66. The largest absolute Gasteiger partial charge is 0.396 e. The number of fused-ring (bicyclic) bond motifs is 3. The lowest BCUT2D eigenvalue weighted by molar-refractivity contribution is 0.0620. The van der Waals surface area contributed by atoms with E-state index in [1.807, 2.05) is 0 Å². The molecular weight excluding hydrogens is 188 g/mol. The van der Waals surface area contributed by atoms with Crippen molar-refractivity contribution in [1.82, 2.24) is 10.2 Å². The highest BCUT2D eigenvalue weighted by molar-refractivity contribution is 4.91. The molecule has 0 radical (unpaired) electrons. The Hall–Kier alpha value is -0.120. The van der Waals surface area contributed by atoms with Gasteiger partial charge in [0.2, 0.25) is 0 Å². The van der Waals surface area contributed by atoms with Crippen molar-refractivity contribution in [3.63, 3.8) is 0 Å². The standard InChI is InChI=1S/C12H24N2O/c1-12(2,9-15)8-13-11-7-14-5-3-10(11)4-6-14/h10-11,13,15H,3-9H2,1-2H3. The maximum atomic E-state index is 9.20. The molecule has 0 amide bonds. The van der Waals surface area contributed by atoms with Crippen LogP contribution in [0.3, 0.4) is 0 Å². The summed E-state index contributed by atoms with van der Waals surface area (Å²) in [7, 11) is 0. The zero-order chi connectivity index (χ0) is 10.9. The first kappa shape index (κ1) is 11.4. The minimum absolute atomic E-state index is 0.0199. The van der Waals surface area contributed by atoms with E-state index in [-0.39, 0.29) is 12.0 Å². The number of hydrogen-bond acceptors (Lipinski definition) is 3. The van der Waals surface area contributed by atoms with Gasteiger partial charge in [0, 0.05) is 31.2 Å². The molecule has 0 saturated carbocycles. The van der Waals surface area contributed by atoms with Gasteiger partial charge in [-0.1, -0.05) is 13.8 Å². The van der Waals surface area contributed by atoms with Crippen LogP contribution in [0.15, 0.2) is 0 Å². The Kier molecular flexibility index (Phi) is 3.33. The number of nitrogens with zero attached hydrogens (tertiary/aromatic N) is 1. The van der Waals surface area contributed by atoms with Gasteiger partial charge in [-0.15, -0.1) is 0 Å². The van der Waals surface area contributed by atoms with Crippen molar-refractivity contribution in [2.75, 3.05) is 32.8 Å². The number of rotatable bonds is 4. The first-order valence-corrected chi connectivity index (χ1v) is 6.17. The molecule has 3 aliphatic rings. The van der Waals surface area contributed by atoms with E-state index in [1.54, 1.807) is 0 Å². The van der Waals surface area contributed by atoms with Gasteiger partial charge in [0.1, 0.15) is 0 Å². The maximum absolute atomic E-state index is 9.20. The topological polar surface area (TPSA) is 35.5 Å². The molecule has 0 aliphatic carbocycles. The third-order valence-electron chi connectivity index (χ3n) is 3.93. The summed E-state index contributed by atoms with van der Waals surface area (Å²) in [6, 6.07) is 0.665. The third-order valence-corrected chi connectivity index (χ3v) is 3.93. The van der Waals surface area contributed by atoms with Gasteiger partial charge < -0.3 is 15.3 Å². The first-order chi connectivity index (χ1) is 7.11. The zero-order valence-corrected chi connectivity index (χ0v) is 10.00. The van der Waals surface area contributed by atoms with Crippen LogP contribution in [-0.2, 0) is 0 Å². The van der Waals surface area contributed by atoms with Crippen molar-refractivity contribution in [1.29, 1.82) is 0 Å². The lowest BCUT2D eigenvalue weighted by Crippen LogP contribution is -2.57. The van der Waals surface area contributed by atoms with E-state index in [0.29, 0.717) is 6.04 Å². The fraction of sp³-hybridized carbons (Fsp3) is 1.00. The molecule has 3 nitrogen and oxygen atoms in total. The van der Waals surface area contributed by atoms with Gasteiger partial charge in [0.15, 0.2) is 0 Å². The SMILES string of the molecule is CC(C)(CO)CNC1CN2CCC1CC2. The van der Waals surface area contributed by atoms with Crippen LogP contribution in [-0.4, -0.2) is 48.8 Å². The summed E-state index contributed by atoms with van der Waals surface area (Å²) in [4.78, 5) is 2.56. The molecule has 3 rings (SSSR count). The number of nitrogens with one attached hydrogen (secondary N) is 1. The van der Waals surface area contributed by atoms with Gasteiger partial charge in [-0.25, -0.2) is 0 Å². The summed E-state index contributed by atoms with van der Waals surface area (Å²) >= 11 is 0. The third kappa shape index (κ3) is 2.71. The molecule has 1 unspecified atom stereocenters. The van der Waals surface area contributed by atoms with E-state index in [4.69, 9.17) is 0 Å². The molecule has 0 spiro atoms. The lowest BCUT2D eigenvalue weighted by Gasteiger charge is -2.45. The van der Waals surface area contributed by atoms with Crippen molar-refractivity contribution in [2.24, 2.45) is 11.3 Å². The summed E-state index contributed by atoms with van der Waals surface area (Å²) in [5, 5.41) is 12.8. The molecule has 3 saturated heterocycles. The van der Waals surface area contributed by atoms with Crippen LogP contribution in [0.2, 0.25) is 0 Å². The molecule has 2 N–H and O–H groups in total. The molecule has 0 aromatic heterocycles. The number of aliphatic hydroxyl groups excluding tert-OH is 1. The molecule has 3 heterocycles. The number of aliphatic hydroxyl groups is 1. The second-order valence-electron chi connectivity index (χ2n) is 5.95. The van der Waals surface area contributed by atoms with Crippen LogP contribution in [0.25, 0.3) is 0 Å². The van der Waals surface area contributed by atoms with Crippen molar-refractivity contribution >= 4 is 0 Å². The van der Waals surface area contributed by atoms with E-state index < -0.39 is 0 Å². The van der Waals surface area contributed by atoms with Crippen LogP contribution in [0.1, 0.15) is 26.7 Å². The molecule has 88 valence electrons. The molecule has 15 heavy (non-hydrogen) atoms. The molecule has 1 atom stereocenters. The van der Waals surface area contributed by atoms with Crippen LogP contribution >= 0.6 is 0 Å². The van der Waals surface area contributed by atoms with E-state index in [9.17, 15) is 5.11 Å². The van der Waals surface area contributed by atoms with E-state index in [0.717, 1.165) is 12.5 Å². The highest BCUT2D eigenvalue weighted by Crippen LogP contribution is 2.28. The van der Waals surface area contributed by atoms with Crippen molar-refractivity contribution in [3.8, 4) is 0 Å². The van der Waals surface area contributed by atoms with Crippen molar-refractivity contribution < 1.29 is 5.11 Å². The normalized spacial score (nSPS) is 35.8. The second-order valence-corrected chi connectivity index (χ2v) is 5.95. The van der Waals surface area contributed by atoms with Gasteiger partial charge >= 0.3 is 0 Å². The van der Waals surface area contributed by atoms with Gasteiger partial charge in [-0.3, -0.25) is 0 Å². The summed E-state index contributed by atoms with van der Waals surface area (Å²) in [5.74, 6) is 0.879.